The molecule has 0 saturated carbocycles. The molecule has 0 radical (unpaired) electrons. The third-order valence-electron chi connectivity index (χ3n) is 0. The summed E-state index contributed by atoms with van der Waals surface area (Å²) in [5.74, 6) is 0. The molecule has 0 fully saturated rings. The van der Waals surface area contributed by atoms with Crippen molar-refractivity contribution in [3.8, 4) is 0 Å². The van der Waals surface area contributed by atoms with Crippen LogP contribution in [0, 0.1) is 0 Å². The van der Waals surface area contributed by atoms with Crippen LogP contribution in [0.2, 0.25) is 0 Å². The second-order valence-corrected chi connectivity index (χ2v) is 0. The molecule has 0 saturated heterocycles. The van der Waals surface area contributed by atoms with Gasteiger partial charge >= 0.3 is 48.9 Å². The van der Waals surface area contributed by atoms with E-state index in [2.05, 4.69) is 0 Å². The van der Waals surface area contributed by atoms with E-state index in [4.69, 9.17) is 0 Å². The zero-order valence-electron chi connectivity index (χ0n) is 3.65. The van der Waals surface area contributed by atoms with Crippen molar-refractivity contribution in [1.29, 1.82) is 0 Å². The molecular formula is H11BaO6+. The number of hydrogen-bond donors (Lipinski definition) is 0. The van der Waals surface area contributed by atoms with E-state index >= 15 is 0 Å². The molecule has 6 nitrogen and oxygen atoms in total. The Balaban J connectivity index is 0. The fourth-order valence-corrected chi connectivity index (χ4v) is 0. The summed E-state index contributed by atoms with van der Waals surface area (Å²) in [5.41, 5.74) is 0. The van der Waals surface area contributed by atoms with E-state index in [1.165, 1.54) is 0 Å². The van der Waals surface area contributed by atoms with E-state index in [-0.39, 0.29) is 81.7 Å². The van der Waals surface area contributed by atoms with E-state index in [0.29, 0.717) is 0 Å². The minimum absolute atomic E-state index is 0. The zero-order chi connectivity index (χ0) is 0. The standard InChI is InChI=1S/Ba.6H2O/h;6*1H2/q+2;;;;;;/p-1. The van der Waals surface area contributed by atoms with Gasteiger partial charge in [0.05, 0.1) is 0 Å². The van der Waals surface area contributed by atoms with E-state index in [1.54, 1.807) is 0 Å². The van der Waals surface area contributed by atoms with Gasteiger partial charge in [0, 0.05) is 0 Å². The first kappa shape index (κ1) is 253. The maximum absolute atomic E-state index is 0. The summed E-state index contributed by atoms with van der Waals surface area (Å²) in [5, 5.41) is 0. The monoisotopic (exact) mass is 245 g/mol. The molecule has 0 amide bonds. The molecule has 7 heavy (non-hydrogen) atoms. The number of hydrogen-bond acceptors (Lipinski definition) is 1. The zero-order valence-corrected chi connectivity index (χ0v) is 8.10. The Morgan fingerprint density at radius 3 is 0.429 bits per heavy atom. The summed E-state index contributed by atoms with van der Waals surface area (Å²) >= 11 is 0. The molecule has 0 rings (SSSR count). The molecule has 0 bridgehead atoms. The van der Waals surface area contributed by atoms with Crippen LogP contribution in [0.3, 0.4) is 0 Å². The average Bonchev–Trinajstić information content (AvgIpc) is 0. The van der Waals surface area contributed by atoms with Crippen LogP contribution in [-0.4, -0.2) is 81.7 Å². The van der Waals surface area contributed by atoms with Crippen LogP contribution in [0.1, 0.15) is 0 Å². The molecule has 0 unspecified atom stereocenters. The fraction of sp³-hybridized carbons (Fsp3) is 0. The second kappa shape index (κ2) is 166. The van der Waals surface area contributed by atoms with Gasteiger partial charge < -0.3 is 32.9 Å². The van der Waals surface area contributed by atoms with Crippen LogP contribution in [0.15, 0.2) is 0 Å². The van der Waals surface area contributed by atoms with Gasteiger partial charge in [0.15, 0.2) is 0 Å². The van der Waals surface area contributed by atoms with E-state index < -0.39 is 0 Å². The molecular weight excluding hydrogens is 233 g/mol. The van der Waals surface area contributed by atoms with Gasteiger partial charge in [0.25, 0.3) is 0 Å². The van der Waals surface area contributed by atoms with Crippen LogP contribution in [0.25, 0.3) is 0 Å². The van der Waals surface area contributed by atoms with Crippen LogP contribution in [-0.2, 0) is 0 Å². The summed E-state index contributed by atoms with van der Waals surface area (Å²) < 4.78 is 0. The summed E-state index contributed by atoms with van der Waals surface area (Å²) in [7, 11) is 0. The van der Waals surface area contributed by atoms with Crippen LogP contribution in [0.4, 0.5) is 0 Å². The molecule has 11 N–H and O–H groups in total. The Morgan fingerprint density at radius 2 is 0.429 bits per heavy atom. The fourth-order valence-electron chi connectivity index (χ4n) is 0. The maximum Gasteiger partial charge on any atom is 2.00 e. The van der Waals surface area contributed by atoms with Gasteiger partial charge in [0.1, 0.15) is 0 Å². The minimum Gasteiger partial charge on any atom is -0.870 e. The number of rotatable bonds is 0. The van der Waals surface area contributed by atoms with Crippen molar-refractivity contribution < 1.29 is 32.9 Å². The third kappa shape index (κ3) is 118. The van der Waals surface area contributed by atoms with Crippen LogP contribution < -0.4 is 0 Å². The van der Waals surface area contributed by atoms with E-state index in [0.717, 1.165) is 0 Å². The van der Waals surface area contributed by atoms with E-state index in [9.17, 15) is 0 Å². The third-order valence-corrected chi connectivity index (χ3v) is 0. The molecule has 48 valence electrons. The average molecular weight is 244 g/mol. The summed E-state index contributed by atoms with van der Waals surface area (Å²) in [4.78, 5) is 0. The van der Waals surface area contributed by atoms with Crippen molar-refractivity contribution in [2.24, 2.45) is 0 Å². The first-order chi connectivity index (χ1) is 0. The smallest absolute Gasteiger partial charge is 0.870 e. The molecule has 0 aliphatic carbocycles. The molecule has 0 aromatic rings. The topological polar surface area (TPSA) is 188 Å². The Hall–Kier alpha value is 1.33. The van der Waals surface area contributed by atoms with Gasteiger partial charge in [0.2, 0.25) is 0 Å². The Kier molecular flexibility index (Phi) is 5980. The first-order valence-electron chi connectivity index (χ1n) is 0. The van der Waals surface area contributed by atoms with Crippen molar-refractivity contribution in [1.82, 2.24) is 0 Å². The van der Waals surface area contributed by atoms with Crippen molar-refractivity contribution >= 4 is 48.9 Å². The van der Waals surface area contributed by atoms with Gasteiger partial charge in [-0.25, -0.2) is 0 Å². The van der Waals surface area contributed by atoms with Gasteiger partial charge in [-0.1, -0.05) is 0 Å². The Morgan fingerprint density at radius 1 is 0.429 bits per heavy atom. The summed E-state index contributed by atoms with van der Waals surface area (Å²) in [6.45, 7) is 0. The van der Waals surface area contributed by atoms with Crippen LogP contribution >= 0.6 is 0 Å². The minimum atomic E-state index is 0. The maximum atomic E-state index is 0. The van der Waals surface area contributed by atoms with Gasteiger partial charge in [-0.3, -0.25) is 0 Å². The van der Waals surface area contributed by atoms with Crippen molar-refractivity contribution in [3.05, 3.63) is 0 Å². The molecule has 0 aliphatic rings. The molecule has 0 aromatic carbocycles. The molecule has 0 spiro atoms. The predicted molar refractivity (Wildman–Crippen MR) is 25.8 cm³/mol. The second-order valence-electron chi connectivity index (χ2n) is 0. The van der Waals surface area contributed by atoms with Crippen molar-refractivity contribution in [2.45, 2.75) is 0 Å². The van der Waals surface area contributed by atoms with E-state index in [1.807, 2.05) is 0 Å². The SMILES string of the molecule is O.O.O.O.O.[Ba+2].[OH-]. The largest absolute Gasteiger partial charge is 2.00 e. The Bertz CT molecular complexity index is 4.14. The molecule has 0 aromatic heterocycles. The summed E-state index contributed by atoms with van der Waals surface area (Å²) in [6, 6.07) is 0. The van der Waals surface area contributed by atoms with Gasteiger partial charge in [-0.15, -0.1) is 0 Å². The van der Waals surface area contributed by atoms with Crippen molar-refractivity contribution in [2.75, 3.05) is 0 Å². The first-order valence-corrected chi connectivity index (χ1v) is 0. The van der Waals surface area contributed by atoms with Crippen molar-refractivity contribution in [3.63, 3.8) is 0 Å². The molecule has 0 aliphatic heterocycles. The van der Waals surface area contributed by atoms with Gasteiger partial charge in [-0.2, -0.15) is 0 Å². The molecule has 0 heterocycles. The predicted octanol–water partition coefficient (Wildman–Crippen LogP) is -4.68. The van der Waals surface area contributed by atoms with Gasteiger partial charge in [-0.05, 0) is 0 Å². The quantitative estimate of drug-likeness (QED) is 0.381. The molecule has 0 atom stereocenters. The normalized spacial score (nSPS) is 0. The molecule has 7 heteroatoms. The summed E-state index contributed by atoms with van der Waals surface area (Å²) in [6.07, 6.45) is 0. The Labute approximate surface area is 80.8 Å². The van der Waals surface area contributed by atoms with Crippen LogP contribution in [0.5, 0.6) is 0 Å².